The second-order valence-electron chi connectivity index (χ2n) is 2.84. The number of hydrogen-bond acceptors (Lipinski definition) is 5. The van der Waals surface area contributed by atoms with Gasteiger partial charge >= 0.3 is 12.1 Å². The van der Waals surface area contributed by atoms with Crippen LogP contribution in [0.4, 0.5) is 13.2 Å². The summed E-state index contributed by atoms with van der Waals surface area (Å²) in [6.45, 7) is 0. The van der Waals surface area contributed by atoms with Crippen LogP contribution in [-0.4, -0.2) is 17.1 Å². The molecule has 1 rings (SSSR count). The van der Waals surface area contributed by atoms with Crippen molar-refractivity contribution in [3.8, 4) is 0 Å². The van der Waals surface area contributed by atoms with Crippen LogP contribution in [0.3, 0.4) is 0 Å². The summed E-state index contributed by atoms with van der Waals surface area (Å²) in [5.41, 5.74) is 1.49. The van der Waals surface area contributed by atoms with Crippen molar-refractivity contribution in [3.05, 3.63) is 29.6 Å². The van der Waals surface area contributed by atoms with E-state index < -0.39 is 18.6 Å². The third-order valence-corrected chi connectivity index (χ3v) is 1.59. The Labute approximate surface area is 88.3 Å². The maximum Gasteiger partial charge on any atom is 0.394 e. The number of rotatable bonds is 3. The van der Waals surface area contributed by atoms with Gasteiger partial charge in [0.1, 0.15) is 0 Å². The Balaban J connectivity index is 2.72. The molecule has 0 fully saturated rings. The molecule has 0 aliphatic carbocycles. The monoisotopic (exact) mass is 235 g/mol. The van der Waals surface area contributed by atoms with Crippen LogP contribution >= 0.6 is 0 Å². The summed E-state index contributed by atoms with van der Waals surface area (Å²) in [5.74, 6) is 3.89. The molecule has 8 heteroatoms. The number of halogens is 3. The van der Waals surface area contributed by atoms with E-state index in [2.05, 4.69) is 9.82 Å². The van der Waals surface area contributed by atoms with E-state index in [0.29, 0.717) is 0 Å². The minimum atomic E-state index is -4.33. The highest BCUT2D eigenvalue weighted by molar-refractivity contribution is 5.88. The lowest BCUT2D eigenvalue weighted by atomic mass is 10.2. The maximum atomic E-state index is 12.0. The largest absolute Gasteiger partial charge is 0.394 e. The smallest absolute Gasteiger partial charge is 0.351 e. The molecular formula is C8H8F3N3O2. The molecule has 1 heterocycles. The summed E-state index contributed by atoms with van der Waals surface area (Å²) in [7, 11) is 0. The van der Waals surface area contributed by atoms with Gasteiger partial charge in [-0.25, -0.2) is 10.6 Å². The average molecular weight is 235 g/mol. The topological polar surface area (TPSA) is 77.2 Å². The number of aromatic nitrogens is 1. The van der Waals surface area contributed by atoms with Gasteiger partial charge in [0.05, 0.1) is 12.0 Å². The molecule has 0 spiro atoms. The van der Waals surface area contributed by atoms with Gasteiger partial charge in [0.25, 0.3) is 0 Å². The van der Waals surface area contributed by atoms with Gasteiger partial charge in [-0.3, -0.25) is 4.98 Å². The number of nitrogens with zero attached hydrogens (tertiary/aromatic N) is 1. The van der Waals surface area contributed by atoms with E-state index >= 15 is 0 Å². The predicted octanol–water partition coefficient (Wildman–Crippen LogP) is 0.721. The van der Waals surface area contributed by atoms with Crippen LogP contribution in [0, 0.1) is 0 Å². The molecule has 1 aromatic rings. The molecule has 0 aliphatic rings. The van der Waals surface area contributed by atoms with Crippen molar-refractivity contribution in [1.29, 1.82) is 0 Å². The third kappa shape index (κ3) is 3.83. The Kier molecular flexibility index (Phi) is 3.80. The van der Waals surface area contributed by atoms with Crippen molar-refractivity contribution in [2.24, 2.45) is 5.84 Å². The van der Waals surface area contributed by atoms with E-state index in [4.69, 9.17) is 5.84 Å². The van der Waals surface area contributed by atoms with Gasteiger partial charge in [-0.05, 0) is 12.1 Å². The summed E-state index contributed by atoms with van der Waals surface area (Å²) < 4.78 is 35.9. The number of carbonyl (C=O) groups is 1. The van der Waals surface area contributed by atoms with Crippen LogP contribution in [-0.2, 0) is 11.3 Å². The number of hydrazine groups is 1. The first kappa shape index (κ1) is 12.4. The van der Waals surface area contributed by atoms with Crippen molar-refractivity contribution in [1.82, 2.24) is 10.6 Å². The molecule has 16 heavy (non-hydrogen) atoms. The molecule has 0 aromatic carbocycles. The van der Waals surface area contributed by atoms with Gasteiger partial charge in [-0.2, -0.15) is 13.2 Å². The van der Waals surface area contributed by atoms with Crippen molar-refractivity contribution in [2.75, 3.05) is 0 Å². The van der Waals surface area contributed by atoms with Crippen LogP contribution in [0.2, 0.25) is 0 Å². The van der Waals surface area contributed by atoms with E-state index in [0.717, 1.165) is 12.3 Å². The number of hydrogen-bond donors (Lipinski definition) is 2. The van der Waals surface area contributed by atoms with Crippen molar-refractivity contribution in [2.45, 2.75) is 12.6 Å². The quantitative estimate of drug-likeness (QED) is 0.596. The second kappa shape index (κ2) is 4.90. The predicted molar refractivity (Wildman–Crippen MR) is 46.7 cm³/mol. The van der Waals surface area contributed by atoms with Crippen molar-refractivity contribution in [3.63, 3.8) is 0 Å². The lowest BCUT2D eigenvalue weighted by Crippen LogP contribution is -2.26. The summed E-state index contributed by atoms with van der Waals surface area (Å²) >= 11 is 0. The molecule has 0 saturated carbocycles. The number of carbonyl (C=O) groups excluding carboxylic acids is 1. The Hall–Kier alpha value is -1.67. The Morgan fingerprint density at radius 3 is 2.62 bits per heavy atom. The number of alkyl halides is 3. The standard InChI is InChI=1S/C8H8F3N3O2/c9-8(10,11)3-6-2-1-5(4-13-6)7(15)16-14-12/h1-2,4,14H,3,12H2. The molecule has 0 saturated heterocycles. The van der Waals surface area contributed by atoms with E-state index in [1.165, 1.54) is 6.07 Å². The Morgan fingerprint density at radius 2 is 2.19 bits per heavy atom. The lowest BCUT2D eigenvalue weighted by molar-refractivity contribution is -0.127. The third-order valence-electron chi connectivity index (χ3n) is 1.59. The molecule has 0 aliphatic heterocycles. The molecule has 0 radical (unpaired) electrons. The van der Waals surface area contributed by atoms with Crippen molar-refractivity contribution >= 4 is 5.97 Å². The number of nitrogens with two attached hydrogens (primary N) is 1. The molecule has 1 aromatic heterocycles. The fraction of sp³-hybridized carbons (Fsp3) is 0.250. The van der Waals surface area contributed by atoms with Gasteiger partial charge in [0, 0.05) is 11.9 Å². The fourth-order valence-corrected chi connectivity index (χ4v) is 0.968. The maximum absolute atomic E-state index is 12.0. The van der Waals surface area contributed by atoms with Crippen LogP contribution in [0.15, 0.2) is 18.3 Å². The minimum Gasteiger partial charge on any atom is -0.351 e. The highest BCUT2D eigenvalue weighted by Gasteiger charge is 2.28. The van der Waals surface area contributed by atoms with E-state index in [-0.39, 0.29) is 11.3 Å². The van der Waals surface area contributed by atoms with Crippen LogP contribution in [0.25, 0.3) is 0 Å². The Morgan fingerprint density at radius 1 is 1.50 bits per heavy atom. The summed E-state index contributed by atoms with van der Waals surface area (Å²) in [4.78, 5) is 18.7. The van der Waals surface area contributed by atoms with Gasteiger partial charge in [0.15, 0.2) is 0 Å². The first-order valence-corrected chi connectivity index (χ1v) is 4.11. The highest BCUT2D eigenvalue weighted by atomic mass is 19.4. The molecule has 3 N–H and O–H groups in total. The molecule has 0 unspecified atom stereocenters. The zero-order valence-corrected chi connectivity index (χ0v) is 7.91. The first-order valence-electron chi connectivity index (χ1n) is 4.11. The average Bonchev–Trinajstić information content (AvgIpc) is 2.16. The Bertz CT molecular complexity index is 364. The summed E-state index contributed by atoms with van der Waals surface area (Å²) in [6, 6.07) is 2.27. The highest BCUT2D eigenvalue weighted by Crippen LogP contribution is 2.20. The van der Waals surface area contributed by atoms with Gasteiger partial charge in [0.2, 0.25) is 0 Å². The number of pyridine rings is 1. The molecule has 5 nitrogen and oxygen atoms in total. The minimum absolute atomic E-state index is 0.00359. The SMILES string of the molecule is NNOC(=O)c1ccc(CC(F)(F)F)nc1. The van der Waals surface area contributed by atoms with Crippen LogP contribution in [0.5, 0.6) is 0 Å². The molecule has 88 valence electrons. The zero-order chi connectivity index (χ0) is 12.2. The van der Waals surface area contributed by atoms with E-state index in [1.807, 2.05) is 0 Å². The normalized spacial score (nSPS) is 11.2. The van der Waals surface area contributed by atoms with E-state index in [9.17, 15) is 18.0 Å². The van der Waals surface area contributed by atoms with Crippen LogP contribution in [0.1, 0.15) is 16.1 Å². The fourth-order valence-electron chi connectivity index (χ4n) is 0.968. The second-order valence-corrected chi connectivity index (χ2v) is 2.84. The van der Waals surface area contributed by atoms with E-state index in [1.54, 1.807) is 5.59 Å². The lowest BCUT2D eigenvalue weighted by Gasteiger charge is -2.05. The molecule has 0 atom stereocenters. The number of nitrogens with one attached hydrogen (secondary N) is 1. The molecule has 0 bridgehead atoms. The van der Waals surface area contributed by atoms with Gasteiger partial charge < -0.3 is 4.84 Å². The molecular weight excluding hydrogens is 227 g/mol. The van der Waals surface area contributed by atoms with Crippen molar-refractivity contribution < 1.29 is 22.8 Å². The van der Waals surface area contributed by atoms with Crippen LogP contribution < -0.4 is 11.4 Å². The van der Waals surface area contributed by atoms with Gasteiger partial charge in [-0.1, -0.05) is 5.59 Å². The summed E-state index contributed by atoms with van der Waals surface area (Å²) in [6.07, 6.45) is -4.48. The zero-order valence-electron chi connectivity index (χ0n) is 7.91. The summed E-state index contributed by atoms with van der Waals surface area (Å²) in [5, 5.41) is 0. The van der Waals surface area contributed by atoms with Gasteiger partial charge in [-0.15, -0.1) is 0 Å². The first-order chi connectivity index (χ1) is 7.42. The molecule has 0 amide bonds.